The fraction of sp³-hybridized carbons (Fsp3) is 0.167. The van der Waals surface area contributed by atoms with Crippen molar-refractivity contribution in [2.75, 3.05) is 7.05 Å². The smallest absolute Gasteiger partial charge is 0.268 e. The summed E-state index contributed by atoms with van der Waals surface area (Å²) in [5.74, 6) is 0. The second-order valence-corrected chi connectivity index (χ2v) is 7.66. The van der Waals surface area contributed by atoms with E-state index in [2.05, 4.69) is 9.82 Å². The fourth-order valence-corrected chi connectivity index (χ4v) is 3.12. The number of sulfonamides is 1. The molecule has 0 aliphatic rings. The van der Waals surface area contributed by atoms with Gasteiger partial charge >= 0.3 is 6.18 Å². The van der Waals surface area contributed by atoms with Crippen molar-refractivity contribution in [2.24, 2.45) is 7.05 Å². The van der Waals surface area contributed by atoms with Crippen LogP contribution in [-0.4, -0.2) is 25.2 Å². The van der Waals surface area contributed by atoms with Gasteiger partial charge in [0.25, 0.3) is 0 Å². The molecule has 0 saturated carbocycles. The number of halogens is 3. The summed E-state index contributed by atoms with van der Waals surface area (Å²) in [5, 5.41) is 5.94. The number of aromatic nitrogens is 2. The molecule has 0 radical (unpaired) electrons. The Bertz CT molecular complexity index is 1120. The topological polar surface area (TPSA) is 64.0 Å². The maximum atomic E-state index is 12.8. The largest absolute Gasteiger partial charge is 0.416 e. The van der Waals surface area contributed by atoms with E-state index in [9.17, 15) is 21.6 Å². The van der Waals surface area contributed by atoms with Crippen molar-refractivity contribution in [3.8, 4) is 11.1 Å². The lowest BCUT2D eigenvalue weighted by Gasteiger charge is -2.09. The Morgan fingerprint density at radius 3 is 2.37 bits per heavy atom. The van der Waals surface area contributed by atoms with Gasteiger partial charge in [-0.3, -0.25) is 4.68 Å². The van der Waals surface area contributed by atoms with Crippen molar-refractivity contribution < 1.29 is 21.6 Å². The minimum Gasteiger partial charge on any atom is -0.268 e. The average molecular weight is 395 g/mol. The highest BCUT2D eigenvalue weighted by Crippen LogP contribution is 2.33. The van der Waals surface area contributed by atoms with Gasteiger partial charge in [0.05, 0.1) is 17.3 Å². The zero-order chi connectivity index (χ0) is 19.8. The lowest BCUT2D eigenvalue weighted by Crippen LogP contribution is -2.14. The van der Waals surface area contributed by atoms with Crippen LogP contribution in [0.4, 0.5) is 13.2 Å². The number of hydrogen-bond donors (Lipinski definition) is 1. The lowest BCUT2D eigenvalue weighted by molar-refractivity contribution is -0.137. The molecule has 9 heteroatoms. The van der Waals surface area contributed by atoms with Gasteiger partial charge in [0, 0.05) is 17.8 Å². The molecular weight excluding hydrogens is 379 g/mol. The molecule has 0 bridgehead atoms. The molecule has 0 aliphatic heterocycles. The first-order chi connectivity index (χ1) is 12.6. The van der Waals surface area contributed by atoms with Crippen LogP contribution in [0.25, 0.3) is 28.1 Å². The van der Waals surface area contributed by atoms with Crippen LogP contribution in [0.15, 0.2) is 48.0 Å². The molecule has 3 rings (SSSR count). The van der Waals surface area contributed by atoms with Crippen LogP contribution in [0, 0.1) is 0 Å². The summed E-state index contributed by atoms with van der Waals surface area (Å²) in [5.41, 5.74) is 1.83. The highest BCUT2D eigenvalue weighted by molar-refractivity contribution is 7.92. The van der Waals surface area contributed by atoms with Crippen molar-refractivity contribution in [1.29, 1.82) is 0 Å². The molecule has 1 N–H and O–H groups in total. The van der Waals surface area contributed by atoms with Crippen molar-refractivity contribution in [3.63, 3.8) is 0 Å². The molecule has 27 heavy (non-hydrogen) atoms. The van der Waals surface area contributed by atoms with Gasteiger partial charge in [-0.15, -0.1) is 0 Å². The van der Waals surface area contributed by atoms with Crippen LogP contribution in [0.5, 0.6) is 0 Å². The first kappa shape index (κ1) is 19.1. The molecule has 0 spiro atoms. The fourth-order valence-electron chi connectivity index (χ4n) is 2.66. The Hall–Kier alpha value is -2.65. The predicted octanol–water partition coefficient (Wildman–Crippen LogP) is 3.78. The molecule has 142 valence electrons. The number of nitrogens with one attached hydrogen (secondary N) is 1. The lowest BCUT2D eigenvalue weighted by atomic mass is 9.99. The van der Waals surface area contributed by atoms with Gasteiger partial charge in [-0.1, -0.05) is 12.1 Å². The second-order valence-electron chi connectivity index (χ2n) is 5.89. The molecule has 2 aromatic carbocycles. The van der Waals surface area contributed by atoms with Crippen molar-refractivity contribution in [3.05, 3.63) is 59.1 Å². The van der Waals surface area contributed by atoms with E-state index in [-0.39, 0.29) is 0 Å². The molecule has 0 aliphatic carbocycles. The van der Waals surface area contributed by atoms with Gasteiger partial charge in [0.15, 0.2) is 0 Å². The summed E-state index contributed by atoms with van der Waals surface area (Å²) in [6, 6.07) is 8.33. The van der Waals surface area contributed by atoms with Gasteiger partial charge in [0.1, 0.15) is 0 Å². The van der Waals surface area contributed by atoms with Crippen LogP contribution in [0.3, 0.4) is 0 Å². The molecule has 0 saturated heterocycles. The molecule has 5 nitrogen and oxygen atoms in total. The SMILES string of the molecule is CNS(=O)(=O)/C=C/c1cc(-c2ccc(C(F)(F)F)cc2)cc2c1cnn2C. The quantitative estimate of drug-likeness (QED) is 0.731. The van der Waals surface area contributed by atoms with Crippen LogP contribution in [-0.2, 0) is 23.2 Å². The normalized spacial score (nSPS) is 12.9. The van der Waals surface area contributed by atoms with Crippen molar-refractivity contribution in [2.45, 2.75) is 6.18 Å². The highest BCUT2D eigenvalue weighted by atomic mass is 32.2. The van der Waals surface area contributed by atoms with Crippen LogP contribution in [0.1, 0.15) is 11.1 Å². The summed E-state index contributed by atoms with van der Waals surface area (Å²) < 4.78 is 65.5. The Kier molecular flexibility index (Phi) is 4.83. The number of alkyl halides is 3. The highest BCUT2D eigenvalue weighted by Gasteiger charge is 2.30. The zero-order valence-electron chi connectivity index (χ0n) is 14.4. The van der Waals surface area contributed by atoms with E-state index in [1.807, 2.05) is 0 Å². The van der Waals surface area contributed by atoms with E-state index in [4.69, 9.17) is 0 Å². The number of hydrogen-bond acceptors (Lipinski definition) is 3. The van der Waals surface area contributed by atoms with Gasteiger partial charge in [-0.2, -0.15) is 18.3 Å². The molecule has 3 aromatic rings. The molecular formula is C18H16F3N3O2S. The van der Waals surface area contributed by atoms with E-state index >= 15 is 0 Å². The maximum absolute atomic E-state index is 12.8. The Balaban J connectivity index is 2.13. The van der Waals surface area contributed by atoms with Gasteiger partial charge < -0.3 is 0 Å². The van der Waals surface area contributed by atoms with Gasteiger partial charge in [-0.25, -0.2) is 13.1 Å². The van der Waals surface area contributed by atoms with E-state index in [0.29, 0.717) is 16.7 Å². The number of rotatable bonds is 4. The third-order valence-electron chi connectivity index (χ3n) is 4.16. The summed E-state index contributed by atoms with van der Waals surface area (Å²) in [7, 11) is -0.525. The third-order valence-corrected chi connectivity index (χ3v) is 5.22. The van der Waals surface area contributed by atoms with E-state index in [1.165, 1.54) is 25.3 Å². The van der Waals surface area contributed by atoms with E-state index in [0.717, 1.165) is 28.4 Å². The van der Waals surface area contributed by atoms with Crippen LogP contribution in [0.2, 0.25) is 0 Å². The van der Waals surface area contributed by atoms with Crippen molar-refractivity contribution in [1.82, 2.24) is 14.5 Å². The molecule has 0 atom stereocenters. The Morgan fingerprint density at radius 2 is 1.78 bits per heavy atom. The van der Waals surface area contributed by atoms with Crippen LogP contribution >= 0.6 is 0 Å². The van der Waals surface area contributed by atoms with Gasteiger partial charge in [0.2, 0.25) is 10.0 Å². The van der Waals surface area contributed by atoms with E-state index in [1.54, 1.807) is 30.1 Å². The molecule has 1 aromatic heterocycles. The minimum absolute atomic E-state index is 0.581. The maximum Gasteiger partial charge on any atom is 0.416 e. The average Bonchev–Trinajstić information content (AvgIpc) is 3.00. The summed E-state index contributed by atoms with van der Waals surface area (Å²) in [4.78, 5) is 0. The molecule has 1 heterocycles. The number of aryl methyl sites for hydroxylation is 1. The van der Waals surface area contributed by atoms with Crippen LogP contribution < -0.4 is 4.72 Å². The Labute approximate surface area is 154 Å². The zero-order valence-corrected chi connectivity index (χ0v) is 15.3. The van der Waals surface area contributed by atoms with E-state index < -0.39 is 21.8 Å². The number of benzene rings is 2. The molecule has 0 unspecified atom stereocenters. The monoisotopic (exact) mass is 395 g/mol. The third kappa shape index (κ3) is 4.04. The number of fused-ring (bicyclic) bond motifs is 1. The Morgan fingerprint density at radius 1 is 1.11 bits per heavy atom. The van der Waals surface area contributed by atoms with Crippen molar-refractivity contribution >= 4 is 27.0 Å². The molecule has 0 fully saturated rings. The first-order valence-corrected chi connectivity index (χ1v) is 9.40. The standard InChI is InChI=1S/C18H16F3N3O2S/c1-22-27(25,26)8-7-13-9-14(10-17-16(13)11-23-24(17)2)12-3-5-15(6-4-12)18(19,20)21/h3-11,22H,1-2H3/b8-7+. The summed E-state index contributed by atoms with van der Waals surface area (Å²) in [6.07, 6.45) is -1.36. The predicted molar refractivity (Wildman–Crippen MR) is 98.2 cm³/mol. The second kappa shape index (κ2) is 6.82. The minimum atomic E-state index is -4.40. The summed E-state index contributed by atoms with van der Waals surface area (Å²) >= 11 is 0. The molecule has 0 amide bonds. The first-order valence-electron chi connectivity index (χ1n) is 7.86. The van der Waals surface area contributed by atoms with Gasteiger partial charge in [-0.05, 0) is 54.1 Å². The summed E-state index contributed by atoms with van der Waals surface area (Å²) in [6.45, 7) is 0. The number of nitrogens with zero attached hydrogens (tertiary/aromatic N) is 2.